The van der Waals surface area contributed by atoms with E-state index in [0.29, 0.717) is 11.3 Å². The molecule has 0 unspecified atom stereocenters. The number of methoxy groups -OCH3 is 1. The second-order valence-electron chi connectivity index (χ2n) is 5.49. The summed E-state index contributed by atoms with van der Waals surface area (Å²) in [5.41, 5.74) is 2.76. The fourth-order valence-electron chi connectivity index (χ4n) is 2.66. The lowest BCUT2D eigenvalue weighted by Crippen LogP contribution is -2.14. The van der Waals surface area contributed by atoms with Gasteiger partial charge in [0.15, 0.2) is 0 Å². The van der Waals surface area contributed by atoms with Gasteiger partial charge in [-0.2, -0.15) is 5.21 Å². The van der Waals surface area contributed by atoms with Gasteiger partial charge in [0, 0.05) is 10.9 Å². The van der Waals surface area contributed by atoms with Gasteiger partial charge in [-0.3, -0.25) is 10.1 Å². The highest BCUT2D eigenvalue weighted by Crippen LogP contribution is 2.26. The van der Waals surface area contributed by atoms with E-state index in [0.717, 1.165) is 22.2 Å². The molecule has 0 spiro atoms. The Kier molecular flexibility index (Phi) is 3.98. The number of carbonyl (C=O) groups is 1. The van der Waals surface area contributed by atoms with E-state index in [1.165, 1.54) is 0 Å². The maximum atomic E-state index is 12.7. The van der Waals surface area contributed by atoms with Crippen LogP contribution in [0.15, 0.2) is 54.6 Å². The molecule has 0 bridgehead atoms. The van der Waals surface area contributed by atoms with E-state index in [-0.39, 0.29) is 11.9 Å². The molecule has 26 heavy (non-hydrogen) atoms. The number of benzene rings is 2. The summed E-state index contributed by atoms with van der Waals surface area (Å²) in [6.07, 6.45) is 0. The lowest BCUT2D eigenvalue weighted by molar-refractivity contribution is 0.102. The first-order valence-corrected chi connectivity index (χ1v) is 7.83. The van der Waals surface area contributed by atoms with Crippen molar-refractivity contribution in [3.8, 4) is 17.0 Å². The zero-order valence-corrected chi connectivity index (χ0v) is 13.8. The zero-order chi connectivity index (χ0) is 17.9. The molecule has 1 amide bonds. The van der Waals surface area contributed by atoms with Gasteiger partial charge < -0.3 is 4.74 Å². The van der Waals surface area contributed by atoms with Crippen molar-refractivity contribution in [3.05, 3.63) is 60.2 Å². The van der Waals surface area contributed by atoms with Gasteiger partial charge in [0.1, 0.15) is 5.75 Å². The van der Waals surface area contributed by atoms with Gasteiger partial charge in [0.2, 0.25) is 0 Å². The van der Waals surface area contributed by atoms with Crippen LogP contribution in [0.2, 0.25) is 0 Å². The second kappa shape index (κ2) is 6.60. The van der Waals surface area contributed by atoms with Crippen LogP contribution >= 0.6 is 0 Å². The average molecular weight is 346 g/mol. The molecular weight excluding hydrogens is 332 g/mol. The lowest BCUT2D eigenvalue weighted by atomic mass is 10.0. The van der Waals surface area contributed by atoms with Crippen molar-refractivity contribution in [3.63, 3.8) is 0 Å². The Morgan fingerprint density at radius 3 is 2.65 bits per heavy atom. The summed E-state index contributed by atoms with van der Waals surface area (Å²) in [7, 11) is 1.61. The fraction of sp³-hybridized carbons (Fsp3) is 0.0556. The van der Waals surface area contributed by atoms with E-state index in [1.54, 1.807) is 13.2 Å². The van der Waals surface area contributed by atoms with Crippen LogP contribution in [0.25, 0.3) is 22.2 Å². The van der Waals surface area contributed by atoms with Crippen molar-refractivity contribution in [2.75, 3.05) is 12.4 Å². The fourth-order valence-corrected chi connectivity index (χ4v) is 2.66. The number of ether oxygens (including phenoxy) is 1. The number of amides is 1. The maximum Gasteiger partial charge on any atom is 0.270 e. The van der Waals surface area contributed by atoms with E-state index in [4.69, 9.17) is 4.74 Å². The number of pyridine rings is 1. The van der Waals surface area contributed by atoms with Crippen LogP contribution in [-0.2, 0) is 0 Å². The van der Waals surface area contributed by atoms with E-state index in [9.17, 15) is 4.79 Å². The summed E-state index contributed by atoms with van der Waals surface area (Å²) in [4.78, 5) is 17.4. The molecule has 0 atom stereocenters. The minimum atomic E-state index is -0.334. The minimum absolute atomic E-state index is 0.113. The Labute approximate surface area is 148 Å². The summed E-state index contributed by atoms with van der Waals surface area (Å²) < 4.78 is 5.19. The largest absolute Gasteiger partial charge is 0.497 e. The van der Waals surface area contributed by atoms with E-state index >= 15 is 0 Å². The van der Waals surface area contributed by atoms with Crippen molar-refractivity contribution in [2.24, 2.45) is 0 Å². The molecule has 0 radical (unpaired) electrons. The number of hydrogen-bond acceptors (Lipinski definition) is 6. The molecule has 0 fully saturated rings. The molecule has 128 valence electrons. The summed E-state index contributed by atoms with van der Waals surface area (Å²) >= 11 is 0. The zero-order valence-electron chi connectivity index (χ0n) is 13.8. The Bertz CT molecular complexity index is 1060. The topological polar surface area (TPSA) is 106 Å². The standard InChI is InChI=1S/C18H14N6O2/c1-26-12-8-6-11(7-9-12)16-10-14(13-4-2-3-5-15(13)19-16)17(25)20-18-21-23-24-22-18/h2-10H,1H3,(H2,20,21,22,23,24,25). The molecule has 8 heteroatoms. The first kappa shape index (κ1) is 15.7. The highest BCUT2D eigenvalue weighted by atomic mass is 16.5. The quantitative estimate of drug-likeness (QED) is 0.588. The normalized spacial score (nSPS) is 10.7. The Morgan fingerprint density at radius 2 is 1.92 bits per heavy atom. The van der Waals surface area contributed by atoms with Gasteiger partial charge in [-0.05, 0) is 41.6 Å². The molecular formula is C18H14N6O2. The average Bonchev–Trinajstić information content (AvgIpc) is 3.20. The predicted molar refractivity (Wildman–Crippen MR) is 95.9 cm³/mol. The van der Waals surface area contributed by atoms with Crippen LogP contribution < -0.4 is 10.1 Å². The molecule has 4 rings (SSSR count). The molecule has 2 N–H and O–H groups in total. The number of tetrazole rings is 1. The number of aromatic nitrogens is 5. The highest BCUT2D eigenvalue weighted by Gasteiger charge is 2.15. The van der Waals surface area contributed by atoms with Gasteiger partial charge >= 0.3 is 0 Å². The van der Waals surface area contributed by atoms with Crippen LogP contribution in [0.1, 0.15) is 10.4 Å². The Hall–Kier alpha value is -3.81. The van der Waals surface area contributed by atoms with Crippen molar-refractivity contribution < 1.29 is 9.53 Å². The Morgan fingerprint density at radius 1 is 1.12 bits per heavy atom. The molecule has 2 heterocycles. The van der Waals surface area contributed by atoms with Crippen LogP contribution in [0.3, 0.4) is 0 Å². The van der Waals surface area contributed by atoms with Crippen molar-refractivity contribution in [1.29, 1.82) is 0 Å². The molecule has 2 aromatic carbocycles. The number of fused-ring (bicyclic) bond motifs is 1. The monoisotopic (exact) mass is 346 g/mol. The van der Waals surface area contributed by atoms with E-state index in [2.05, 4.69) is 30.9 Å². The number of carbonyl (C=O) groups excluding carboxylic acids is 1. The number of rotatable bonds is 4. The van der Waals surface area contributed by atoms with Gasteiger partial charge in [-0.15, -0.1) is 5.10 Å². The molecule has 0 aliphatic carbocycles. The molecule has 0 saturated carbocycles. The molecule has 8 nitrogen and oxygen atoms in total. The third-order valence-electron chi connectivity index (χ3n) is 3.92. The third kappa shape index (κ3) is 2.95. The highest BCUT2D eigenvalue weighted by molar-refractivity contribution is 6.12. The van der Waals surface area contributed by atoms with Gasteiger partial charge in [0.05, 0.1) is 23.9 Å². The summed E-state index contributed by atoms with van der Waals surface area (Å²) in [6, 6.07) is 16.7. The Balaban J connectivity index is 1.81. The maximum absolute atomic E-state index is 12.7. The number of nitrogens with zero attached hydrogens (tertiary/aromatic N) is 4. The number of hydrogen-bond donors (Lipinski definition) is 2. The summed E-state index contributed by atoms with van der Waals surface area (Å²) in [5, 5.41) is 16.6. The number of aromatic amines is 1. The van der Waals surface area contributed by atoms with E-state index in [1.807, 2.05) is 48.5 Å². The molecule has 0 aliphatic rings. The van der Waals surface area contributed by atoms with Crippen molar-refractivity contribution in [1.82, 2.24) is 25.6 Å². The number of anilines is 1. The molecule has 0 aliphatic heterocycles. The van der Waals surface area contributed by atoms with Gasteiger partial charge in [-0.25, -0.2) is 4.98 Å². The molecule has 2 aromatic heterocycles. The first-order chi connectivity index (χ1) is 12.7. The van der Waals surface area contributed by atoms with Crippen LogP contribution in [-0.4, -0.2) is 38.6 Å². The molecule has 0 saturated heterocycles. The second-order valence-corrected chi connectivity index (χ2v) is 5.49. The van der Waals surface area contributed by atoms with Gasteiger partial charge in [0.25, 0.3) is 11.9 Å². The summed E-state index contributed by atoms with van der Waals surface area (Å²) in [5.74, 6) is 0.534. The SMILES string of the molecule is COc1ccc(-c2cc(C(=O)Nc3nn[nH]n3)c3ccccc3n2)cc1. The van der Waals surface area contributed by atoms with Crippen LogP contribution in [0.5, 0.6) is 5.75 Å². The first-order valence-electron chi connectivity index (χ1n) is 7.83. The number of H-pyrrole nitrogens is 1. The summed E-state index contributed by atoms with van der Waals surface area (Å²) in [6.45, 7) is 0. The van der Waals surface area contributed by atoms with Gasteiger partial charge in [-0.1, -0.05) is 23.3 Å². The smallest absolute Gasteiger partial charge is 0.270 e. The van der Waals surface area contributed by atoms with Crippen LogP contribution in [0.4, 0.5) is 5.95 Å². The van der Waals surface area contributed by atoms with Crippen molar-refractivity contribution in [2.45, 2.75) is 0 Å². The molecule has 4 aromatic rings. The lowest BCUT2D eigenvalue weighted by Gasteiger charge is -2.09. The van der Waals surface area contributed by atoms with Crippen molar-refractivity contribution >= 4 is 22.8 Å². The third-order valence-corrected chi connectivity index (χ3v) is 3.92. The van der Waals surface area contributed by atoms with Crippen LogP contribution in [0, 0.1) is 0 Å². The number of para-hydroxylation sites is 1. The predicted octanol–water partition coefficient (Wildman–Crippen LogP) is 2.68. The minimum Gasteiger partial charge on any atom is -0.497 e. The number of nitrogens with one attached hydrogen (secondary N) is 2. The van der Waals surface area contributed by atoms with E-state index < -0.39 is 0 Å².